The Morgan fingerprint density at radius 1 is 0.882 bits per heavy atom. The van der Waals surface area contributed by atoms with E-state index in [0.29, 0.717) is 16.7 Å². The minimum atomic E-state index is -4.27. The Morgan fingerprint density at radius 3 is 1.82 bits per heavy atom. The second-order valence-corrected chi connectivity index (χ2v) is 4.17. The summed E-state index contributed by atoms with van der Waals surface area (Å²) in [6, 6.07) is 0. The summed E-state index contributed by atoms with van der Waals surface area (Å²) in [4.78, 5) is 0. The normalized spacial score (nSPS) is 11.9. The third-order valence-electron chi connectivity index (χ3n) is 3.03. The van der Waals surface area contributed by atoms with Crippen molar-refractivity contribution in [2.45, 2.75) is 39.8 Å². The maximum Gasteiger partial charge on any atom is 0.389 e. The van der Waals surface area contributed by atoms with E-state index in [0.717, 1.165) is 0 Å². The molecule has 0 aliphatic heterocycles. The molecule has 0 fully saturated rings. The predicted octanol–water partition coefficient (Wildman–Crippen LogP) is 3.52. The number of phenolic OH excluding ortho intramolecular Hbond substituents is 2. The molecule has 1 aromatic carbocycles. The lowest BCUT2D eigenvalue weighted by molar-refractivity contribution is -0.134. The van der Waals surface area contributed by atoms with E-state index in [1.807, 2.05) is 0 Å². The highest BCUT2D eigenvalue weighted by Gasteiger charge is 2.28. The molecule has 0 radical (unpaired) electrons. The average molecular weight is 248 g/mol. The molecule has 96 valence electrons. The Bertz CT molecular complexity index is 407. The van der Waals surface area contributed by atoms with E-state index in [2.05, 4.69) is 0 Å². The van der Waals surface area contributed by atoms with Gasteiger partial charge in [-0.05, 0) is 43.9 Å². The van der Waals surface area contributed by atoms with Gasteiger partial charge < -0.3 is 10.2 Å². The van der Waals surface area contributed by atoms with Crippen molar-refractivity contribution < 1.29 is 23.4 Å². The molecular weight excluding hydrogens is 233 g/mol. The Kier molecular flexibility index (Phi) is 3.59. The smallest absolute Gasteiger partial charge is 0.389 e. The molecule has 0 aliphatic carbocycles. The maximum atomic E-state index is 12.1. The summed E-state index contributed by atoms with van der Waals surface area (Å²) in [6.07, 6.45) is -5.60. The molecule has 0 aromatic heterocycles. The standard InChI is InChI=1S/C12H15F3O2/c1-6-7(2)11(17)9(8(3)10(6)16)4-5-12(13,14)15/h16-17H,4-5H2,1-3H3. The van der Waals surface area contributed by atoms with E-state index >= 15 is 0 Å². The lowest BCUT2D eigenvalue weighted by Gasteiger charge is -2.16. The number of alkyl halides is 3. The van der Waals surface area contributed by atoms with Crippen LogP contribution in [0.15, 0.2) is 0 Å². The second-order valence-electron chi connectivity index (χ2n) is 4.17. The number of halogens is 3. The van der Waals surface area contributed by atoms with E-state index in [-0.39, 0.29) is 23.5 Å². The van der Waals surface area contributed by atoms with Crippen LogP contribution in [0.4, 0.5) is 13.2 Å². The van der Waals surface area contributed by atoms with Crippen molar-refractivity contribution >= 4 is 0 Å². The lowest BCUT2D eigenvalue weighted by Crippen LogP contribution is -2.09. The van der Waals surface area contributed by atoms with Crippen LogP contribution >= 0.6 is 0 Å². The molecule has 1 rings (SSSR count). The number of phenols is 2. The van der Waals surface area contributed by atoms with Gasteiger partial charge in [-0.3, -0.25) is 0 Å². The molecule has 0 spiro atoms. The van der Waals surface area contributed by atoms with Gasteiger partial charge in [0.15, 0.2) is 0 Å². The molecule has 1 aromatic rings. The summed E-state index contributed by atoms with van der Waals surface area (Å²) < 4.78 is 36.4. The summed E-state index contributed by atoms with van der Waals surface area (Å²) in [5.41, 5.74) is 1.40. The van der Waals surface area contributed by atoms with Crippen molar-refractivity contribution in [2.24, 2.45) is 0 Å². The zero-order chi connectivity index (χ0) is 13.4. The van der Waals surface area contributed by atoms with E-state index in [4.69, 9.17) is 0 Å². The number of benzene rings is 1. The van der Waals surface area contributed by atoms with Gasteiger partial charge >= 0.3 is 6.18 Å². The molecule has 2 N–H and O–H groups in total. The molecule has 0 unspecified atom stereocenters. The maximum absolute atomic E-state index is 12.1. The van der Waals surface area contributed by atoms with Crippen LogP contribution in [0.5, 0.6) is 11.5 Å². The van der Waals surface area contributed by atoms with Crippen LogP contribution in [0, 0.1) is 20.8 Å². The molecule has 0 heterocycles. The first-order chi connectivity index (χ1) is 7.65. The highest BCUT2D eigenvalue weighted by atomic mass is 19.4. The number of hydrogen-bond donors (Lipinski definition) is 2. The van der Waals surface area contributed by atoms with Gasteiger partial charge in [0.25, 0.3) is 0 Å². The predicted molar refractivity (Wildman–Crippen MR) is 58.4 cm³/mol. The summed E-state index contributed by atoms with van der Waals surface area (Å²) in [5.74, 6) is -0.195. The van der Waals surface area contributed by atoms with E-state index in [9.17, 15) is 23.4 Å². The van der Waals surface area contributed by atoms with Gasteiger partial charge in [0.1, 0.15) is 11.5 Å². The van der Waals surface area contributed by atoms with Gasteiger partial charge in [-0.1, -0.05) is 0 Å². The monoisotopic (exact) mass is 248 g/mol. The highest BCUT2D eigenvalue weighted by Crippen LogP contribution is 2.37. The number of aromatic hydroxyl groups is 2. The summed E-state index contributed by atoms with van der Waals surface area (Å²) in [5, 5.41) is 19.5. The molecule has 17 heavy (non-hydrogen) atoms. The summed E-state index contributed by atoms with van der Waals surface area (Å²) >= 11 is 0. The van der Waals surface area contributed by atoms with E-state index < -0.39 is 12.6 Å². The topological polar surface area (TPSA) is 40.5 Å². The first-order valence-corrected chi connectivity index (χ1v) is 5.22. The molecule has 5 heteroatoms. The lowest BCUT2D eigenvalue weighted by atomic mass is 9.94. The third kappa shape index (κ3) is 2.84. The minimum absolute atomic E-state index is 0.0440. The van der Waals surface area contributed by atoms with Crippen LogP contribution in [0.25, 0.3) is 0 Å². The van der Waals surface area contributed by atoms with Gasteiger partial charge in [0.2, 0.25) is 0 Å². The van der Waals surface area contributed by atoms with Gasteiger partial charge in [-0.15, -0.1) is 0 Å². The highest BCUT2D eigenvalue weighted by molar-refractivity contribution is 5.56. The van der Waals surface area contributed by atoms with Gasteiger partial charge in [-0.25, -0.2) is 0 Å². The Morgan fingerprint density at radius 2 is 1.35 bits per heavy atom. The van der Waals surface area contributed by atoms with Crippen molar-refractivity contribution in [3.8, 4) is 11.5 Å². The van der Waals surface area contributed by atoms with Crippen molar-refractivity contribution in [3.63, 3.8) is 0 Å². The van der Waals surface area contributed by atoms with Crippen molar-refractivity contribution in [1.82, 2.24) is 0 Å². The minimum Gasteiger partial charge on any atom is -0.507 e. The molecular formula is C12H15F3O2. The summed E-state index contributed by atoms with van der Waals surface area (Å²) in [7, 11) is 0. The molecule has 0 saturated heterocycles. The zero-order valence-electron chi connectivity index (χ0n) is 9.94. The van der Waals surface area contributed by atoms with Crippen molar-refractivity contribution in [1.29, 1.82) is 0 Å². The fraction of sp³-hybridized carbons (Fsp3) is 0.500. The quantitative estimate of drug-likeness (QED) is 0.786. The SMILES string of the molecule is Cc1c(C)c(O)c(CCC(F)(F)F)c(C)c1O. The number of hydrogen-bond acceptors (Lipinski definition) is 2. The van der Waals surface area contributed by atoms with Gasteiger partial charge in [-0.2, -0.15) is 13.2 Å². The molecule has 0 amide bonds. The van der Waals surface area contributed by atoms with Gasteiger partial charge in [0, 0.05) is 12.0 Å². The van der Waals surface area contributed by atoms with Crippen LogP contribution in [-0.4, -0.2) is 16.4 Å². The molecule has 0 bridgehead atoms. The Hall–Kier alpha value is -1.39. The molecule has 0 atom stereocenters. The largest absolute Gasteiger partial charge is 0.507 e. The fourth-order valence-corrected chi connectivity index (χ4v) is 1.76. The van der Waals surface area contributed by atoms with Crippen LogP contribution in [-0.2, 0) is 6.42 Å². The zero-order valence-corrected chi connectivity index (χ0v) is 9.94. The van der Waals surface area contributed by atoms with Crippen LogP contribution in [0.3, 0.4) is 0 Å². The third-order valence-corrected chi connectivity index (χ3v) is 3.03. The van der Waals surface area contributed by atoms with Crippen LogP contribution in [0.2, 0.25) is 0 Å². The molecule has 0 saturated carbocycles. The second kappa shape index (κ2) is 4.47. The summed E-state index contributed by atoms with van der Waals surface area (Å²) in [6.45, 7) is 4.69. The van der Waals surface area contributed by atoms with E-state index in [1.54, 1.807) is 13.8 Å². The Labute approximate surface area is 97.7 Å². The van der Waals surface area contributed by atoms with Crippen LogP contribution in [0.1, 0.15) is 28.7 Å². The first kappa shape index (κ1) is 13.7. The molecule has 0 aliphatic rings. The fourth-order valence-electron chi connectivity index (χ4n) is 1.76. The van der Waals surface area contributed by atoms with Crippen molar-refractivity contribution in [3.05, 3.63) is 22.3 Å². The van der Waals surface area contributed by atoms with Gasteiger partial charge in [0.05, 0.1) is 0 Å². The molecule has 2 nitrogen and oxygen atoms in total. The van der Waals surface area contributed by atoms with Crippen molar-refractivity contribution in [2.75, 3.05) is 0 Å². The van der Waals surface area contributed by atoms with Crippen LogP contribution < -0.4 is 0 Å². The Balaban J connectivity index is 3.16. The van der Waals surface area contributed by atoms with E-state index in [1.165, 1.54) is 6.92 Å². The average Bonchev–Trinajstić information content (AvgIpc) is 2.22. The number of rotatable bonds is 2. The first-order valence-electron chi connectivity index (χ1n) is 5.22.